The molecular formula is C15H18N4O3. The molecule has 1 amide bonds. The fourth-order valence-corrected chi connectivity index (χ4v) is 1.80. The van der Waals surface area contributed by atoms with Gasteiger partial charge >= 0.3 is 0 Å². The lowest BCUT2D eigenvalue weighted by atomic mass is 10.2. The van der Waals surface area contributed by atoms with Crippen LogP contribution in [0.15, 0.2) is 29.4 Å². The fourth-order valence-electron chi connectivity index (χ4n) is 1.80. The maximum absolute atomic E-state index is 11.8. The van der Waals surface area contributed by atoms with E-state index in [1.54, 1.807) is 25.3 Å². The highest BCUT2D eigenvalue weighted by molar-refractivity contribution is 5.93. The van der Waals surface area contributed by atoms with Crippen LogP contribution in [0.1, 0.15) is 28.7 Å². The number of carbonyl (C=O) groups is 1. The number of benzene rings is 1. The third kappa shape index (κ3) is 3.85. The number of rotatable bonds is 6. The summed E-state index contributed by atoms with van der Waals surface area (Å²) in [6.07, 6.45) is 1.52. The van der Waals surface area contributed by atoms with Crippen molar-refractivity contribution in [2.24, 2.45) is 5.10 Å². The zero-order chi connectivity index (χ0) is 15.9. The van der Waals surface area contributed by atoms with Crippen molar-refractivity contribution in [2.45, 2.75) is 13.8 Å². The molecular weight excluding hydrogens is 284 g/mol. The molecule has 22 heavy (non-hydrogen) atoms. The van der Waals surface area contributed by atoms with Crippen molar-refractivity contribution in [3.05, 3.63) is 41.2 Å². The second-order valence-electron chi connectivity index (χ2n) is 4.48. The summed E-state index contributed by atoms with van der Waals surface area (Å²) in [6.45, 7) is 4.28. The Kier molecular flexibility index (Phi) is 5.13. The van der Waals surface area contributed by atoms with Crippen molar-refractivity contribution in [3.8, 4) is 11.5 Å². The van der Waals surface area contributed by atoms with E-state index in [9.17, 15) is 4.79 Å². The molecule has 0 aliphatic rings. The predicted molar refractivity (Wildman–Crippen MR) is 82.5 cm³/mol. The molecule has 7 nitrogen and oxygen atoms in total. The van der Waals surface area contributed by atoms with E-state index in [1.165, 1.54) is 6.21 Å². The number of H-pyrrole nitrogens is 1. The van der Waals surface area contributed by atoms with Crippen LogP contribution in [0.25, 0.3) is 0 Å². The predicted octanol–water partition coefficient (Wildman–Crippen LogP) is 1.89. The van der Waals surface area contributed by atoms with Crippen LogP contribution >= 0.6 is 0 Å². The maximum Gasteiger partial charge on any atom is 0.291 e. The lowest BCUT2D eigenvalue weighted by Gasteiger charge is -2.09. The normalized spacial score (nSPS) is 10.7. The maximum atomic E-state index is 11.8. The van der Waals surface area contributed by atoms with Gasteiger partial charge in [-0.3, -0.25) is 9.89 Å². The van der Waals surface area contributed by atoms with Crippen molar-refractivity contribution in [2.75, 3.05) is 13.7 Å². The standard InChI is InChI=1S/C15H18N4O3/c1-4-22-13-6-5-11(8-14(13)21-3)9-16-19-15(20)12-7-10(2)17-18-12/h5-9H,4H2,1-3H3,(H,17,18)(H,19,20)/b16-9-. The molecule has 0 atom stereocenters. The second-order valence-corrected chi connectivity index (χ2v) is 4.48. The third-order valence-corrected chi connectivity index (χ3v) is 2.81. The average Bonchev–Trinajstić information content (AvgIpc) is 2.95. The van der Waals surface area contributed by atoms with Crippen LogP contribution in [0.4, 0.5) is 0 Å². The lowest BCUT2D eigenvalue weighted by molar-refractivity contribution is 0.0950. The molecule has 0 saturated heterocycles. The van der Waals surface area contributed by atoms with Gasteiger partial charge in [0.1, 0.15) is 0 Å². The number of methoxy groups -OCH3 is 1. The number of aryl methyl sites for hydroxylation is 1. The zero-order valence-electron chi connectivity index (χ0n) is 12.7. The van der Waals surface area contributed by atoms with Gasteiger partial charge in [0.25, 0.3) is 5.91 Å². The highest BCUT2D eigenvalue weighted by Crippen LogP contribution is 2.27. The summed E-state index contributed by atoms with van der Waals surface area (Å²) in [4.78, 5) is 11.8. The summed E-state index contributed by atoms with van der Waals surface area (Å²) >= 11 is 0. The lowest BCUT2D eigenvalue weighted by Crippen LogP contribution is -2.18. The quantitative estimate of drug-likeness (QED) is 0.630. The van der Waals surface area contributed by atoms with Gasteiger partial charge in [0.05, 0.1) is 19.9 Å². The number of aromatic nitrogens is 2. The van der Waals surface area contributed by atoms with E-state index in [0.29, 0.717) is 23.8 Å². The first-order valence-corrected chi connectivity index (χ1v) is 6.80. The Morgan fingerprint density at radius 1 is 1.41 bits per heavy atom. The van der Waals surface area contributed by atoms with Crippen molar-refractivity contribution >= 4 is 12.1 Å². The summed E-state index contributed by atoms with van der Waals surface area (Å²) in [5.74, 6) is 0.900. The van der Waals surface area contributed by atoms with Crippen LogP contribution < -0.4 is 14.9 Å². The van der Waals surface area contributed by atoms with Crippen LogP contribution in [0, 0.1) is 6.92 Å². The smallest absolute Gasteiger partial charge is 0.291 e. The molecule has 0 bridgehead atoms. The number of carbonyl (C=O) groups excluding carboxylic acids is 1. The first kappa shape index (κ1) is 15.6. The zero-order valence-corrected chi connectivity index (χ0v) is 12.7. The number of nitrogens with zero attached hydrogens (tertiary/aromatic N) is 2. The molecule has 116 valence electrons. The van der Waals surface area contributed by atoms with E-state index >= 15 is 0 Å². The van der Waals surface area contributed by atoms with E-state index in [4.69, 9.17) is 9.47 Å². The first-order valence-electron chi connectivity index (χ1n) is 6.80. The van der Waals surface area contributed by atoms with Crippen molar-refractivity contribution in [1.82, 2.24) is 15.6 Å². The minimum atomic E-state index is -0.376. The highest BCUT2D eigenvalue weighted by Gasteiger charge is 2.08. The van der Waals surface area contributed by atoms with E-state index in [0.717, 1.165) is 11.3 Å². The molecule has 0 unspecified atom stereocenters. The fraction of sp³-hybridized carbons (Fsp3) is 0.267. The van der Waals surface area contributed by atoms with Crippen molar-refractivity contribution < 1.29 is 14.3 Å². The van der Waals surface area contributed by atoms with Gasteiger partial charge in [0, 0.05) is 5.69 Å². The molecule has 1 aromatic carbocycles. The Bertz CT molecular complexity index is 679. The van der Waals surface area contributed by atoms with Gasteiger partial charge in [-0.2, -0.15) is 10.2 Å². The number of hydrazone groups is 1. The Hall–Kier alpha value is -2.83. The van der Waals surface area contributed by atoms with Gasteiger partial charge < -0.3 is 9.47 Å². The van der Waals surface area contributed by atoms with Gasteiger partial charge in [-0.05, 0) is 43.7 Å². The summed E-state index contributed by atoms with van der Waals surface area (Å²) in [5, 5.41) is 10.5. The van der Waals surface area contributed by atoms with Crippen LogP contribution in [-0.2, 0) is 0 Å². The van der Waals surface area contributed by atoms with Crippen molar-refractivity contribution in [3.63, 3.8) is 0 Å². The average molecular weight is 302 g/mol. The number of ether oxygens (including phenoxy) is 2. The molecule has 2 rings (SSSR count). The van der Waals surface area contributed by atoms with E-state index in [2.05, 4.69) is 20.7 Å². The third-order valence-electron chi connectivity index (χ3n) is 2.81. The molecule has 0 aliphatic heterocycles. The molecule has 0 spiro atoms. The topological polar surface area (TPSA) is 88.6 Å². The summed E-state index contributed by atoms with van der Waals surface area (Å²) in [7, 11) is 1.57. The molecule has 2 aromatic rings. The number of hydrogen-bond acceptors (Lipinski definition) is 5. The van der Waals surface area contributed by atoms with E-state index in [-0.39, 0.29) is 5.91 Å². The number of hydrogen-bond donors (Lipinski definition) is 2. The number of nitrogens with one attached hydrogen (secondary N) is 2. The molecule has 1 aromatic heterocycles. The van der Waals surface area contributed by atoms with Crippen LogP contribution in [0.2, 0.25) is 0 Å². The minimum Gasteiger partial charge on any atom is -0.493 e. The van der Waals surface area contributed by atoms with Gasteiger partial charge in [-0.1, -0.05) is 0 Å². The molecule has 1 heterocycles. The molecule has 0 aliphatic carbocycles. The van der Waals surface area contributed by atoms with Crippen LogP contribution in [-0.4, -0.2) is 36.0 Å². The van der Waals surface area contributed by atoms with Gasteiger partial charge in [-0.15, -0.1) is 0 Å². The summed E-state index contributed by atoms with van der Waals surface area (Å²) in [5.41, 5.74) is 4.29. The Balaban J connectivity index is 2.02. The molecule has 0 radical (unpaired) electrons. The Labute approximate surface area is 128 Å². The first-order chi connectivity index (χ1) is 10.6. The van der Waals surface area contributed by atoms with Gasteiger partial charge in [0.2, 0.25) is 0 Å². The Morgan fingerprint density at radius 2 is 2.23 bits per heavy atom. The molecule has 0 fully saturated rings. The molecule has 0 saturated carbocycles. The Morgan fingerprint density at radius 3 is 2.86 bits per heavy atom. The largest absolute Gasteiger partial charge is 0.493 e. The summed E-state index contributed by atoms with van der Waals surface area (Å²) < 4.78 is 10.7. The SMILES string of the molecule is CCOc1ccc(/C=N\NC(=O)c2cc(C)[nH]n2)cc1OC. The summed E-state index contributed by atoms with van der Waals surface area (Å²) in [6, 6.07) is 7.04. The number of amides is 1. The number of aromatic amines is 1. The molecule has 7 heteroatoms. The van der Waals surface area contributed by atoms with E-state index in [1.807, 2.05) is 19.9 Å². The van der Waals surface area contributed by atoms with Crippen molar-refractivity contribution in [1.29, 1.82) is 0 Å². The molecule has 2 N–H and O–H groups in total. The van der Waals surface area contributed by atoms with Gasteiger partial charge in [0.15, 0.2) is 17.2 Å². The van der Waals surface area contributed by atoms with E-state index < -0.39 is 0 Å². The van der Waals surface area contributed by atoms with Crippen LogP contribution in [0.5, 0.6) is 11.5 Å². The highest BCUT2D eigenvalue weighted by atomic mass is 16.5. The second kappa shape index (κ2) is 7.26. The van der Waals surface area contributed by atoms with Crippen LogP contribution in [0.3, 0.4) is 0 Å². The monoisotopic (exact) mass is 302 g/mol. The minimum absolute atomic E-state index is 0.291. The van der Waals surface area contributed by atoms with Gasteiger partial charge in [-0.25, -0.2) is 5.43 Å².